The number of hydrogen-bond donors (Lipinski definition) is 3. The van der Waals surface area contributed by atoms with Gasteiger partial charge in [-0.25, -0.2) is 0 Å². The van der Waals surface area contributed by atoms with Crippen molar-refractivity contribution in [3.63, 3.8) is 0 Å². The van der Waals surface area contributed by atoms with Crippen LogP contribution in [0.2, 0.25) is 0 Å². The third-order valence-electron chi connectivity index (χ3n) is 1.55. The summed E-state index contributed by atoms with van der Waals surface area (Å²) in [5.74, 6) is 0.00646. The Morgan fingerprint density at radius 2 is 2.08 bits per heavy atom. The van der Waals surface area contributed by atoms with Crippen LogP contribution in [0.5, 0.6) is 0 Å². The highest BCUT2D eigenvalue weighted by Gasteiger charge is 2.11. The average molecular weight is 188 g/mol. The molecule has 0 saturated carbocycles. The number of rotatable bonds is 6. The van der Waals surface area contributed by atoms with Gasteiger partial charge in [0.05, 0.1) is 0 Å². The minimum Gasteiger partial charge on any atom is -0.396 e. The zero-order chi connectivity index (χ0) is 10.3. The van der Waals surface area contributed by atoms with Gasteiger partial charge in [0.2, 0.25) is 5.91 Å². The Morgan fingerprint density at radius 3 is 2.54 bits per heavy atom. The molecule has 1 amide bonds. The van der Waals surface area contributed by atoms with Gasteiger partial charge in [-0.1, -0.05) is 0 Å². The molecule has 78 valence electrons. The maximum absolute atomic E-state index is 11.1. The molecular formula is C9H20N2O2. The molecule has 0 unspecified atom stereocenters. The van der Waals surface area contributed by atoms with Crippen LogP contribution in [0.3, 0.4) is 0 Å². The fraction of sp³-hybridized carbons (Fsp3) is 0.889. The summed E-state index contributed by atoms with van der Waals surface area (Å²) in [6, 6.07) is 0. The molecule has 0 aromatic rings. The summed E-state index contributed by atoms with van der Waals surface area (Å²) in [7, 11) is 0. The highest BCUT2D eigenvalue weighted by Crippen LogP contribution is 1.96. The maximum atomic E-state index is 11.1. The summed E-state index contributed by atoms with van der Waals surface area (Å²) in [6.45, 7) is 4.36. The Balaban J connectivity index is 3.41. The molecule has 4 heteroatoms. The van der Waals surface area contributed by atoms with Crippen molar-refractivity contribution in [2.24, 2.45) is 5.73 Å². The summed E-state index contributed by atoms with van der Waals surface area (Å²) >= 11 is 0. The van der Waals surface area contributed by atoms with Gasteiger partial charge in [0.25, 0.3) is 0 Å². The Hall–Kier alpha value is -0.610. The summed E-state index contributed by atoms with van der Waals surface area (Å²) in [5.41, 5.74) is 5.33. The molecule has 0 aromatic carbocycles. The van der Waals surface area contributed by atoms with Gasteiger partial charge in [0.1, 0.15) is 0 Å². The lowest BCUT2D eigenvalue weighted by Gasteiger charge is -2.18. The van der Waals surface area contributed by atoms with E-state index in [1.807, 2.05) is 13.8 Å². The van der Waals surface area contributed by atoms with Gasteiger partial charge < -0.3 is 16.2 Å². The molecule has 0 heterocycles. The fourth-order valence-corrected chi connectivity index (χ4v) is 0.812. The first-order chi connectivity index (χ1) is 5.95. The molecule has 0 radical (unpaired) electrons. The van der Waals surface area contributed by atoms with Gasteiger partial charge in [-0.05, 0) is 26.7 Å². The fourth-order valence-electron chi connectivity index (χ4n) is 0.812. The quantitative estimate of drug-likeness (QED) is 0.514. The molecule has 4 N–H and O–H groups in total. The van der Waals surface area contributed by atoms with Crippen molar-refractivity contribution in [1.29, 1.82) is 0 Å². The van der Waals surface area contributed by atoms with Crippen molar-refractivity contribution in [3.05, 3.63) is 0 Å². The lowest BCUT2D eigenvalue weighted by Crippen LogP contribution is -2.45. The molecule has 0 rings (SSSR count). The van der Waals surface area contributed by atoms with Crippen LogP contribution >= 0.6 is 0 Å². The topological polar surface area (TPSA) is 75.3 Å². The zero-order valence-corrected chi connectivity index (χ0v) is 8.47. The summed E-state index contributed by atoms with van der Waals surface area (Å²) < 4.78 is 0. The van der Waals surface area contributed by atoms with E-state index in [1.54, 1.807) is 0 Å². The van der Waals surface area contributed by atoms with Gasteiger partial charge in [-0.2, -0.15) is 0 Å². The lowest BCUT2D eigenvalue weighted by molar-refractivity contribution is -0.121. The van der Waals surface area contributed by atoms with E-state index in [0.717, 1.165) is 6.42 Å². The van der Waals surface area contributed by atoms with Crippen molar-refractivity contribution in [2.75, 3.05) is 13.2 Å². The largest absolute Gasteiger partial charge is 0.396 e. The monoisotopic (exact) mass is 188 g/mol. The Labute approximate surface area is 79.5 Å². The van der Waals surface area contributed by atoms with E-state index in [2.05, 4.69) is 5.32 Å². The van der Waals surface area contributed by atoms with Crippen LogP contribution in [0.25, 0.3) is 0 Å². The number of carbonyl (C=O) groups excluding carboxylic acids is 1. The van der Waals surface area contributed by atoms with Crippen LogP contribution in [0.1, 0.15) is 33.1 Å². The van der Waals surface area contributed by atoms with Crippen molar-refractivity contribution in [1.82, 2.24) is 5.32 Å². The molecule has 0 aliphatic carbocycles. The van der Waals surface area contributed by atoms with Gasteiger partial charge in [0.15, 0.2) is 0 Å². The Kier molecular flexibility index (Phi) is 5.66. The normalized spacial score (nSPS) is 11.4. The maximum Gasteiger partial charge on any atom is 0.220 e. The predicted octanol–water partition coefficient (Wildman–Crippen LogP) is 0.00250. The third-order valence-corrected chi connectivity index (χ3v) is 1.55. The van der Waals surface area contributed by atoms with E-state index in [9.17, 15) is 4.79 Å². The van der Waals surface area contributed by atoms with Crippen LogP contribution in [0, 0.1) is 0 Å². The van der Waals surface area contributed by atoms with Crippen molar-refractivity contribution in [2.45, 2.75) is 38.6 Å². The van der Waals surface area contributed by atoms with Crippen LogP contribution in [0.4, 0.5) is 0 Å². The van der Waals surface area contributed by atoms with Crippen LogP contribution in [0.15, 0.2) is 0 Å². The van der Waals surface area contributed by atoms with E-state index >= 15 is 0 Å². The second kappa shape index (κ2) is 5.94. The predicted molar refractivity (Wildman–Crippen MR) is 52.2 cm³/mol. The number of aliphatic hydroxyl groups is 1. The molecule has 13 heavy (non-hydrogen) atoms. The van der Waals surface area contributed by atoms with E-state index in [0.29, 0.717) is 19.4 Å². The second-order valence-corrected chi connectivity index (χ2v) is 3.95. The van der Waals surface area contributed by atoms with Gasteiger partial charge >= 0.3 is 0 Å². The molecule has 0 saturated heterocycles. The molecule has 0 aromatic heterocycles. The highest BCUT2D eigenvalue weighted by molar-refractivity contribution is 5.75. The SMILES string of the molecule is CC(C)(N)CNC(=O)CCCCO. The zero-order valence-electron chi connectivity index (χ0n) is 8.47. The van der Waals surface area contributed by atoms with E-state index < -0.39 is 0 Å². The number of carbonyl (C=O) groups is 1. The summed E-state index contributed by atoms with van der Waals surface area (Å²) in [6.07, 6.45) is 1.88. The van der Waals surface area contributed by atoms with Gasteiger partial charge in [0, 0.05) is 25.1 Å². The first kappa shape index (κ1) is 12.4. The smallest absolute Gasteiger partial charge is 0.220 e. The van der Waals surface area contributed by atoms with Gasteiger partial charge in [-0.15, -0.1) is 0 Å². The molecule has 0 bridgehead atoms. The molecule has 0 fully saturated rings. The van der Waals surface area contributed by atoms with Crippen molar-refractivity contribution in [3.8, 4) is 0 Å². The second-order valence-electron chi connectivity index (χ2n) is 3.95. The Morgan fingerprint density at radius 1 is 1.46 bits per heavy atom. The number of unbranched alkanes of at least 4 members (excludes halogenated alkanes) is 1. The molecule has 0 aliphatic heterocycles. The first-order valence-electron chi connectivity index (χ1n) is 4.62. The number of hydrogen-bond acceptors (Lipinski definition) is 3. The number of amides is 1. The number of nitrogens with one attached hydrogen (secondary N) is 1. The average Bonchev–Trinajstić information content (AvgIpc) is 2.00. The molecule has 0 aliphatic rings. The minimum absolute atomic E-state index is 0.00646. The van der Waals surface area contributed by atoms with E-state index in [4.69, 9.17) is 10.8 Å². The minimum atomic E-state index is -0.355. The van der Waals surface area contributed by atoms with Crippen LogP contribution < -0.4 is 11.1 Å². The van der Waals surface area contributed by atoms with Crippen molar-refractivity contribution < 1.29 is 9.90 Å². The summed E-state index contributed by atoms with van der Waals surface area (Å²) in [4.78, 5) is 11.1. The molecular weight excluding hydrogens is 168 g/mol. The molecule has 0 atom stereocenters. The highest BCUT2D eigenvalue weighted by atomic mass is 16.2. The standard InChI is InChI=1S/C9H20N2O2/c1-9(2,10)7-11-8(13)5-3-4-6-12/h12H,3-7,10H2,1-2H3,(H,11,13). The molecule has 4 nitrogen and oxygen atoms in total. The van der Waals surface area contributed by atoms with Crippen molar-refractivity contribution >= 4 is 5.91 Å². The third kappa shape index (κ3) is 9.30. The number of nitrogens with two attached hydrogens (primary N) is 1. The molecule has 0 spiro atoms. The van der Waals surface area contributed by atoms with Crippen LogP contribution in [-0.2, 0) is 4.79 Å². The Bertz CT molecular complexity index is 152. The van der Waals surface area contributed by atoms with E-state index in [-0.39, 0.29) is 18.1 Å². The summed E-state index contributed by atoms with van der Waals surface area (Å²) in [5, 5.41) is 11.2. The van der Waals surface area contributed by atoms with E-state index in [1.165, 1.54) is 0 Å². The lowest BCUT2D eigenvalue weighted by atomic mass is 10.1. The van der Waals surface area contributed by atoms with Gasteiger partial charge in [-0.3, -0.25) is 4.79 Å². The first-order valence-corrected chi connectivity index (χ1v) is 4.62. The van der Waals surface area contributed by atoms with Crippen LogP contribution in [-0.4, -0.2) is 29.7 Å². The number of aliphatic hydroxyl groups excluding tert-OH is 1.